The van der Waals surface area contributed by atoms with Crippen molar-refractivity contribution in [3.8, 4) is 0 Å². The van der Waals surface area contributed by atoms with Crippen molar-refractivity contribution in [1.29, 1.82) is 0 Å². The second kappa shape index (κ2) is 8.99. The van der Waals surface area contributed by atoms with Gasteiger partial charge < -0.3 is 15.5 Å². The molecule has 0 aliphatic rings. The van der Waals surface area contributed by atoms with Gasteiger partial charge in [0, 0.05) is 36.2 Å². The van der Waals surface area contributed by atoms with E-state index in [1.54, 1.807) is 6.07 Å². The highest BCUT2D eigenvalue weighted by Gasteiger charge is 2.10. The zero-order valence-corrected chi connectivity index (χ0v) is 16.4. The lowest BCUT2D eigenvalue weighted by molar-refractivity contribution is 0.102. The minimum Gasteiger partial charge on any atom is -0.372 e. The maximum atomic E-state index is 12.6. The first-order valence-electron chi connectivity index (χ1n) is 9.41. The SMILES string of the molecule is CCN(CC)c1ccc(NC(=O)c2cc(Nc3ccccc3C)ncn2)cc1. The molecule has 0 bridgehead atoms. The zero-order chi connectivity index (χ0) is 19.9. The molecule has 0 radical (unpaired) electrons. The van der Waals surface area contributed by atoms with E-state index in [1.165, 1.54) is 6.33 Å². The number of nitrogens with one attached hydrogen (secondary N) is 2. The normalized spacial score (nSPS) is 10.4. The molecule has 0 spiro atoms. The topological polar surface area (TPSA) is 70.2 Å². The number of aryl methyl sites for hydroxylation is 1. The molecule has 6 nitrogen and oxygen atoms in total. The van der Waals surface area contributed by atoms with Crippen LogP contribution in [0.15, 0.2) is 60.9 Å². The van der Waals surface area contributed by atoms with E-state index in [2.05, 4.69) is 39.3 Å². The standard InChI is InChI=1S/C22H25N5O/c1-4-27(5-2)18-12-10-17(11-13-18)25-22(28)20-14-21(24-15-23-20)26-19-9-7-6-8-16(19)3/h6-15H,4-5H2,1-3H3,(H,25,28)(H,23,24,26). The largest absolute Gasteiger partial charge is 0.372 e. The monoisotopic (exact) mass is 375 g/mol. The number of rotatable bonds is 7. The lowest BCUT2D eigenvalue weighted by Crippen LogP contribution is -2.21. The summed E-state index contributed by atoms with van der Waals surface area (Å²) in [6.07, 6.45) is 1.39. The Balaban J connectivity index is 1.70. The maximum absolute atomic E-state index is 12.6. The van der Waals surface area contributed by atoms with Gasteiger partial charge in [0.2, 0.25) is 0 Å². The van der Waals surface area contributed by atoms with Crippen molar-refractivity contribution in [2.75, 3.05) is 28.6 Å². The first kappa shape index (κ1) is 19.4. The quantitative estimate of drug-likeness (QED) is 0.630. The summed E-state index contributed by atoms with van der Waals surface area (Å²) in [5.41, 5.74) is 4.21. The Kier molecular flexibility index (Phi) is 6.22. The van der Waals surface area contributed by atoms with Gasteiger partial charge in [-0.1, -0.05) is 18.2 Å². The van der Waals surface area contributed by atoms with Gasteiger partial charge in [-0.2, -0.15) is 0 Å². The van der Waals surface area contributed by atoms with E-state index in [0.29, 0.717) is 11.5 Å². The number of hydrogen-bond acceptors (Lipinski definition) is 5. The molecule has 0 saturated heterocycles. The number of aromatic nitrogens is 2. The second-order valence-corrected chi connectivity index (χ2v) is 6.40. The molecule has 0 saturated carbocycles. The molecule has 0 unspecified atom stereocenters. The lowest BCUT2D eigenvalue weighted by Gasteiger charge is -2.21. The molecule has 0 atom stereocenters. The second-order valence-electron chi connectivity index (χ2n) is 6.40. The summed E-state index contributed by atoms with van der Waals surface area (Å²) >= 11 is 0. The average Bonchev–Trinajstić information content (AvgIpc) is 2.72. The highest BCUT2D eigenvalue weighted by atomic mass is 16.1. The number of carbonyl (C=O) groups is 1. The van der Waals surface area contributed by atoms with Crippen molar-refractivity contribution >= 4 is 28.8 Å². The van der Waals surface area contributed by atoms with Crippen LogP contribution in [0.3, 0.4) is 0 Å². The number of carbonyl (C=O) groups excluding carboxylic acids is 1. The van der Waals surface area contributed by atoms with Gasteiger partial charge in [0.1, 0.15) is 17.8 Å². The Morgan fingerprint density at radius 1 is 1.00 bits per heavy atom. The molecule has 2 N–H and O–H groups in total. The summed E-state index contributed by atoms with van der Waals surface area (Å²) in [6.45, 7) is 8.15. The van der Waals surface area contributed by atoms with Crippen molar-refractivity contribution in [3.63, 3.8) is 0 Å². The smallest absolute Gasteiger partial charge is 0.274 e. The molecular formula is C22H25N5O. The summed E-state index contributed by atoms with van der Waals surface area (Å²) in [6, 6.07) is 17.4. The number of anilines is 4. The summed E-state index contributed by atoms with van der Waals surface area (Å²) in [5.74, 6) is 0.303. The first-order chi connectivity index (χ1) is 13.6. The number of nitrogens with zero attached hydrogens (tertiary/aromatic N) is 3. The van der Waals surface area contributed by atoms with Crippen molar-refractivity contribution in [3.05, 3.63) is 72.2 Å². The zero-order valence-electron chi connectivity index (χ0n) is 16.4. The molecule has 144 valence electrons. The van der Waals surface area contributed by atoms with Crippen LogP contribution in [-0.2, 0) is 0 Å². The predicted octanol–water partition coefficient (Wildman–Crippen LogP) is 4.63. The summed E-state index contributed by atoms with van der Waals surface area (Å²) < 4.78 is 0. The van der Waals surface area contributed by atoms with Crippen LogP contribution >= 0.6 is 0 Å². The van der Waals surface area contributed by atoms with Crippen LogP contribution < -0.4 is 15.5 Å². The third-order valence-corrected chi connectivity index (χ3v) is 4.56. The number of benzene rings is 2. The third kappa shape index (κ3) is 4.65. The van der Waals surface area contributed by atoms with Crippen molar-refractivity contribution in [2.45, 2.75) is 20.8 Å². The molecule has 0 aliphatic heterocycles. The Labute approximate surface area is 165 Å². The van der Waals surface area contributed by atoms with Crippen LogP contribution in [0, 0.1) is 6.92 Å². The molecule has 1 aromatic heterocycles. The number of para-hydroxylation sites is 1. The van der Waals surface area contributed by atoms with Gasteiger partial charge in [-0.3, -0.25) is 4.79 Å². The van der Waals surface area contributed by atoms with Crippen LogP contribution in [0.5, 0.6) is 0 Å². The molecule has 0 aliphatic carbocycles. The molecule has 1 heterocycles. The van der Waals surface area contributed by atoms with Crippen LogP contribution in [0.1, 0.15) is 29.9 Å². The number of hydrogen-bond donors (Lipinski definition) is 2. The van der Waals surface area contributed by atoms with E-state index in [4.69, 9.17) is 0 Å². The van der Waals surface area contributed by atoms with Crippen LogP contribution in [0.2, 0.25) is 0 Å². The van der Waals surface area contributed by atoms with E-state index < -0.39 is 0 Å². The van der Waals surface area contributed by atoms with Gasteiger partial charge in [-0.05, 0) is 56.7 Å². The fourth-order valence-corrected chi connectivity index (χ4v) is 2.94. The first-order valence-corrected chi connectivity index (χ1v) is 9.41. The van der Waals surface area contributed by atoms with Crippen molar-refractivity contribution in [1.82, 2.24) is 9.97 Å². The minimum absolute atomic E-state index is 0.272. The Hall–Kier alpha value is -3.41. The van der Waals surface area contributed by atoms with Gasteiger partial charge in [-0.15, -0.1) is 0 Å². The van der Waals surface area contributed by atoms with Crippen LogP contribution in [-0.4, -0.2) is 29.0 Å². The van der Waals surface area contributed by atoms with E-state index in [0.717, 1.165) is 35.7 Å². The van der Waals surface area contributed by atoms with Crippen LogP contribution in [0.4, 0.5) is 22.9 Å². The highest BCUT2D eigenvalue weighted by Crippen LogP contribution is 2.20. The Bertz CT molecular complexity index is 936. The van der Waals surface area contributed by atoms with Crippen molar-refractivity contribution < 1.29 is 4.79 Å². The Morgan fingerprint density at radius 2 is 1.71 bits per heavy atom. The molecule has 0 fully saturated rings. The fourth-order valence-electron chi connectivity index (χ4n) is 2.94. The lowest BCUT2D eigenvalue weighted by atomic mass is 10.2. The van der Waals surface area contributed by atoms with Gasteiger partial charge in [0.25, 0.3) is 5.91 Å². The number of amides is 1. The van der Waals surface area contributed by atoms with E-state index >= 15 is 0 Å². The van der Waals surface area contributed by atoms with Crippen molar-refractivity contribution in [2.24, 2.45) is 0 Å². The molecule has 1 amide bonds. The summed E-state index contributed by atoms with van der Waals surface area (Å²) in [5, 5.41) is 6.11. The van der Waals surface area contributed by atoms with Gasteiger partial charge in [0.15, 0.2) is 0 Å². The van der Waals surface area contributed by atoms with E-state index in [-0.39, 0.29) is 5.91 Å². The molecular weight excluding hydrogens is 350 g/mol. The average molecular weight is 375 g/mol. The summed E-state index contributed by atoms with van der Waals surface area (Å²) in [4.78, 5) is 23.1. The Morgan fingerprint density at radius 3 is 2.39 bits per heavy atom. The molecule has 6 heteroatoms. The van der Waals surface area contributed by atoms with E-state index in [9.17, 15) is 4.79 Å². The molecule has 28 heavy (non-hydrogen) atoms. The minimum atomic E-state index is -0.272. The van der Waals surface area contributed by atoms with Gasteiger partial charge in [0.05, 0.1) is 0 Å². The van der Waals surface area contributed by atoms with Crippen LogP contribution in [0.25, 0.3) is 0 Å². The molecule has 3 rings (SSSR count). The van der Waals surface area contributed by atoms with Gasteiger partial charge in [-0.25, -0.2) is 9.97 Å². The van der Waals surface area contributed by atoms with E-state index in [1.807, 2.05) is 55.5 Å². The predicted molar refractivity (Wildman–Crippen MR) is 114 cm³/mol. The maximum Gasteiger partial charge on any atom is 0.274 e. The molecule has 2 aromatic carbocycles. The fraction of sp³-hybridized carbons (Fsp3) is 0.227. The van der Waals surface area contributed by atoms with Gasteiger partial charge >= 0.3 is 0 Å². The molecule has 3 aromatic rings. The summed E-state index contributed by atoms with van der Waals surface area (Å²) in [7, 11) is 0. The third-order valence-electron chi connectivity index (χ3n) is 4.56. The highest BCUT2D eigenvalue weighted by molar-refractivity contribution is 6.03.